The highest BCUT2D eigenvalue weighted by Crippen LogP contribution is 2.27. The summed E-state index contributed by atoms with van der Waals surface area (Å²) in [7, 11) is 0. The second-order valence-corrected chi connectivity index (χ2v) is 4.71. The van der Waals surface area contributed by atoms with Crippen molar-refractivity contribution in [1.29, 1.82) is 0 Å². The van der Waals surface area contributed by atoms with E-state index < -0.39 is 17.4 Å². The minimum atomic E-state index is -0.700. The predicted molar refractivity (Wildman–Crippen MR) is 71.8 cm³/mol. The predicted octanol–water partition coefficient (Wildman–Crippen LogP) is 4.59. The van der Waals surface area contributed by atoms with Crippen LogP contribution in [0.4, 0.5) is 14.5 Å². The van der Waals surface area contributed by atoms with E-state index in [4.69, 9.17) is 28.3 Å². The van der Waals surface area contributed by atoms with Crippen molar-refractivity contribution in [3.8, 4) is 5.75 Å². The van der Waals surface area contributed by atoms with Crippen molar-refractivity contribution in [3.05, 3.63) is 57.6 Å². The molecule has 0 amide bonds. The van der Waals surface area contributed by atoms with Crippen molar-refractivity contribution >= 4 is 28.9 Å². The summed E-state index contributed by atoms with van der Waals surface area (Å²) in [5.41, 5.74) is 1.14. The van der Waals surface area contributed by atoms with Crippen LogP contribution in [0, 0.1) is 11.6 Å². The van der Waals surface area contributed by atoms with E-state index in [-0.39, 0.29) is 16.6 Å². The molecule has 2 nitrogen and oxygen atoms in total. The van der Waals surface area contributed by atoms with Crippen LogP contribution in [0.2, 0.25) is 10.0 Å². The molecule has 0 saturated heterocycles. The number of anilines is 1. The Kier molecular flexibility index (Phi) is 4.12. The fourth-order valence-electron chi connectivity index (χ4n) is 1.52. The van der Waals surface area contributed by atoms with E-state index in [1.165, 1.54) is 24.3 Å². The van der Waals surface area contributed by atoms with Gasteiger partial charge in [0.05, 0.1) is 10.0 Å². The molecular weight excluding hydrogens is 295 g/mol. The molecule has 2 aromatic rings. The van der Waals surface area contributed by atoms with E-state index in [0.29, 0.717) is 11.3 Å². The minimum Gasteiger partial charge on any atom is -0.505 e. The van der Waals surface area contributed by atoms with Crippen molar-refractivity contribution in [2.45, 2.75) is 6.54 Å². The lowest BCUT2D eigenvalue weighted by molar-refractivity contribution is 0.432. The average molecular weight is 304 g/mol. The van der Waals surface area contributed by atoms with Crippen LogP contribution in [0.5, 0.6) is 5.75 Å². The molecule has 0 bridgehead atoms. The Morgan fingerprint density at radius 2 is 1.68 bits per heavy atom. The molecule has 0 heterocycles. The third kappa shape index (κ3) is 3.28. The summed E-state index contributed by atoms with van der Waals surface area (Å²) in [6.07, 6.45) is 0. The molecule has 0 aliphatic rings. The van der Waals surface area contributed by atoms with Gasteiger partial charge in [-0.1, -0.05) is 29.3 Å². The van der Waals surface area contributed by atoms with Gasteiger partial charge < -0.3 is 10.4 Å². The van der Waals surface area contributed by atoms with Crippen LogP contribution < -0.4 is 5.32 Å². The second kappa shape index (κ2) is 5.63. The van der Waals surface area contributed by atoms with E-state index in [0.717, 1.165) is 0 Å². The Balaban J connectivity index is 2.12. The summed E-state index contributed by atoms with van der Waals surface area (Å²) in [5.74, 6) is -1.78. The van der Waals surface area contributed by atoms with Crippen LogP contribution in [-0.4, -0.2) is 5.11 Å². The maximum Gasteiger partial charge on any atom is 0.165 e. The Morgan fingerprint density at radius 3 is 2.26 bits per heavy atom. The van der Waals surface area contributed by atoms with Gasteiger partial charge in [0.2, 0.25) is 0 Å². The summed E-state index contributed by atoms with van der Waals surface area (Å²) < 4.78 is 26.3. The highest BCUT2D eigenvalue weighted by atomic mass is 35.5. The number of rotatable bonds is 3. The van der Waals surface area contributed by atoms with Gasteiger partial charge in [0, 0.05) is 12.2 Å². The topological polar surface area (TPSA) is 32.3 Å². The number of phenolic OH excluding ortho intramolecular Hbond substituents is 1. The molecule has 0 radical (unpaired) electrons. The Hall–Kier alpha value is -1.52. The number of halogens is 4. The van der Waals surface area contributed by atoms with Crippen molar-refractivity contribution < 1.29 is 13.9 Å². The Bertz CT molecular complexity index is 597. The molecule has 100 valence electrons. The smallest absolute Gasteiger partial charge is 0.165 e. The van der Waals surface area contributed by atoms with Crippen LogP contribution >= 0.6 is 23.2 Å². The quantitative estimate of drug-likeness (QED) is 0.813. The number of hydrogen-bond acceptors (Lipinski definition) is 2. The standard InChI is InChI=1S/C13H9Cl2F2NO/c14-9-4-8(5-10(15)13(9)17)18-6-7-1-2-12(19)11(16)3-7/h1-5,18-19H,6H2. The minimum absolute atomic E-state index is 0.0908. The number of nitrogens with one attached hydrogen (secondary N) is 1. The number of phenols is 1. The molecule has 0 saturated carbocycles. The third-order valence-electron chi connectivity index (χ3n) is 2.49. The van der Waals surface area contributed by atoms with Crippen molar-refractivity contribution in [3.63, 3.8) is 0 Å². The van der Waals surface area contributed by atoms with Crippen molar-refractivity contribution in [2.24, 2.45) is 0 Å². The summed E-state index contributed by atoms with van der Waals surface area (Å²) in [4.78, 5) is 0. The number of benzene rings is 2. The Morgan fingerprint density at radius 1 is 1.05 bits per heavy atom. The average Bonchev–Trinajstić information content (AvgIpc) is 2.37. The van der Waals surface area contributed by atoms with Gasteiger partial charge in [0.15, 0.2) is 17.4 Å². The maximum absolute atomic E-state index is 13.2. The lowest BCUT2D eigenvalue weighted by Crippen LogP contribution is -2.00. The molecule has 2 rings (SSSR count). The molecular formula is C13H9Cl2F2NO. The normalized spacial score (nSPS) is 10.5. The first-order chi connectivity index (χ1) is 8.97. The van der Waals surface area contributed by atoms with Gasteiger partial charge in [-0.15, -0.1) is 0 Å². The molecule has 0 fully saturated rings. The highest BCUT2D eigenvalue weighted by molar-refractivity contribution is 6.35. The molecule has 0 spiro atoms. The molecule has 6 heteroatoms. The molecule has 0 aliphatic carbocycles. The molecule has 2 aromatic carbocycles. The fraction of sp³-hybridized carbons (Fsp3) is 0.0769. The van der Waals surface area contributed by atoms with Crippen LogP contribution in [0.25, 0.3) is 0 Å². The van der Waals surface area contributed by atoms with E-state index in [1.807, 2.05) is 0 Å². The molecule has 0 atom stereocenters. The van der Waals surface area contributed by atoms with E-state index >= 15 is 0 Å². The van der Waals surface area contributed by atoms with Gasteiger partial charge in [-0.2, -0.15) is 0 Å². The van der Waals surface area contributed by atoms with Gasteiger partial charge in [-0.05, 0) is 29.8 Å². The summed E-state index contributed by atoms with van der Waals surface area (Å²) in [6.45, 7) is 0.287. The first-order valence-electron chi connectivity index (χ1n) is 5.33. The molecule has 2 N–H and O–H groups in total. The molecule has 0 aliphatic heterocycles. The zero-order valence-electron chi connectivity index (χ0n) is 9.55. The van der Waals surface area contributed by atoms with Crippen LogP contribution in [0.15, 0.2) is 30.3 Å². The second-order valence-electron chi connectivity index (χ2n) is 3.89. The third-order valence-corrected chi connectivity index (χ3v) is 3.04. The zero-order valence-corrected chi connectivity index (χ0v) is 11.1. The van der Waals surface area contributed by atoms with Gasteiger partial charge in [0.1, 0.15) is 0 Å². The molecule has 0 aromatic heterocycles. The van der Waals surface area contributed by atoms with E-state index in [9.17, 15) is 8.78 Å². The van der Waals surface area contributed by atoms with Crippen LogP contribution in [-0.2, 0) is 6.54 Å². The summed E-state index contributed by atoms with van der Waals surface area (Å²) >= 11 is 11.3. The number of aromatic hydroxyl groups is 1. The zero-order chi connectivity index (χ0) is 14.0. The van der Waals surface area contributed by atoms with Crippen molar-refractivity contribution in [2.75, 3.05) is 5.32 Å². The van der Waals surface area contributed by atoms with Gasteiger partial charge >= 0.3 is 0 Å². The maximum atomic E-state index is 13.2. The van der Waals surface area contributed by atoms with Gasteiger partial charge in [-0.3, -0.25) is 0 Å². The van der Waals surface area contributed by atoms with E-state index in [1.54, 1.807) is 6.07 Å². The first-order valence-corrected chi connectivity index (χ1v) is 6.09. The molecule has 0 unspecified atom stereocenters. The van der Waals surface area contributed by atoms with Gasteiger partial charge in [0.25, 0.3) is 0 Å². The Labute approximate surface area is 118 Å². The summed E-state index contributed by atoms with van der Waals surface area (Å²) in [5, 5.41) is 11.8. The van der Waals surface area contributed by atoms with E-state index in [2.05, 4.69) is 5.32 Å². The van der Waals surface area contributed by atoms with Crippen LogP contribution in [0.3, 0.4) is 0 Å². The monoisotopic (exact) mass is 303 g/mol. The summed E-state index contributed by atoms with van der Waals surface area (Å²) in [6, 6.07) is 6.81. The lowest BCUT2D eigenvalue weighted by Gasteiger charge is -2.09. The van der Waals surface area contributed by atoms with Crippen LogP contribution in [0.1, 0.15) is 5.56 Å². The lowest BCUT2D eigenvalue weighted by atomic mass is 10.2. The molecule has 19 heavy (non-hydrogen) atoms. The SMILES string of the molecule is Oc1ccc(CNc2cc(Cl)c(F)c(Cl)c2)cc1F. The van der Waals surface area contributed by atoms with Crippen molar-refractivity contribution in [1.82, 2.24) is 0 Å². The van der Waals surface area contributed by atoms with Gasteiger partial charge in [-0.25, -0.2) is 8.78 Å². The largest absolute Gasteiger partial charge is 0.505 e. The first kappa shape index (κ1) is 13.9. The highest BCUT2D eigenvalue weighted by Gasteiger charge is 2.08. The fourth-order valence-corrected chi connectivity index (χ4v) is 2.01. The number of hydrogen-bond donors (Lipinski definition) is 2.